The Balaban J connectivity index is 2.43. The van der Waals surface area contributed by atoms with Crippen LogP contribution in [0.4, 0.5) is 4.79 Å². The van der Waals surface area contributed by atoms with E-state index < -0.39 is 24.1 Å². The minimum Gasteiger partial charge on any atom is -0.481 e. The number of carboxylic acid groups (broad SMARTS) is 2. The van der Waals surface area contributed by atoms with Gasteiger partial charge in [0.25, 0.3) is 0 Å². The van der Waals surface area contributed by atoms with Crippen LogP contribution in [0.5, 0.6) is 0 Å². The number of hydrogen-bond acceptors (Lipinski definition) is 4. The maximum Gasteiger partial charge on any atom is 0.407 e. The first-order valence-corrected chi connectivity index (χ1v) is 6.38. The van der Waals surface area contributed by atoms with Crippen molar-refractivity contribution >= 4 is 18.0 Å². The molecule has 0 aliphatic heterocycles. The average Bonchev–Trinajstić information content (AvgIpc) is 2.43. The fourth-order valence-corrected chi connectivity index (χ4v) is 1.67. The van der Waals surface area contributed by atoms with Crippen molar-refractivity contribution in [2.75, 3.05) is 0 Å². The zero-order valence-electron chi connectivity index (χ0n) is 11.3. The van der Waals surface area contributed by atoms with E-state index in [1.807, 2.05) is 6.07 Å². The number of carboxylic acids is 2. The van der Waals surface area contributed by atoms with Crippen LogP contribution in [-0.2, 0) is 20.9 Å². The first-order valence-electron chi connectivity index (χ1n) is 6.38. The molecule has 0 aliphatic rings. The lowest BCUT2D eigenvalue weighted by molar-refractivity contribution is -0.139. The minimum absolute atomic E-state index is 0.0298. The van der Waals surface area contributed by atoms with Gasteiger partial charge in [-0.2, -0.15) is 0 Å². The van der Waals surface area contributed by atoms with E-state index in [9.17, 15) is 14.4 Å². The Morgan fingerprint density at radius 2 is 1.76 bits per heavy atom. The second kappa shape index (κ2) is 8.57. The lowest BCUT2D eigenvalue weighted by Gasteiger charge is -2.16. The lowest BCUT2D eigenvalue weighted by atomic mass is 10.1. The fraction of sp³-hybridized carbons (Fsp3) is 0.357. The quantitative estimate of drug-likeness (QED) is 0.671. The maximum atomic E-state index is 11.6. The molecule has 0 saturated carbocycles. The molecule has 21 heavy (non-hydrogen) atoms. The summed E-state index contributed by atoms with van der Waals surface area (Å²) in [6, 6.07) is 8.23. The summed E-state index contributed by atoms with van der Waals surface area (Å²) in [4.78, 5) is 32.7. The molecule has 1 aromatic rings. The van der Waals surface area contributed by atoms with Crippen molar-refractivity contribution in [3.05, 3.63) is 35.9 Å². The lowest BCUT2D eigenvalue weighted by Crippen LogP contribution is -2.37. The van der Waals surface area contributed by atoms with E-state index in [1.165, 1.54) is 0 Å². The van der Waals surface area contributed by atoms with Gasteiger partial charge in [0, 0.05) is 12.5 Å². The van der Waals surface area contributed by atoms with Crippen molar-refractivity contribution in [1.82, 2.24) is 5.32 Å². The Kier molecular flexibility index (Phi) is 6.73. The molecule has 114 valence electrons. The third kappa shape index (κ3) is 7.56. The average molecular weight is 295 g/mol. The Labute approximate surface area is 121 Å². The molecule has 7 heteroatoms. The predicted octanol–water partition coefficient (Wildman–Crippen LogP) is 1.62. The van der Waals surface area contributed by atoms with E-state index in [2.05, 4.69) is 5.32 Å². The highest BCUT2D eigenvalue weighted by Crippen LogP contribution is 2.05. The van der Waals surface area contributed by atoms with Crippen LogP contribution in [0.15, 0.2) is 30.3 Å². The molecule has 0 radical (unpaired) electrons. The van der Waals surface area contributed by atoms with Gasteiger partial charge < -0.3 is 20.3 Å². The third-order valence-corrected chi connectivity index (χ3v) is 2.66. The molecule has 0 bridgehead atoms. The van der Waals surface area contributed by atoms with Crippen LogP contribution in [-0.4, -0.2) is 34.3 Å². The predicted molar refractivity (Wildman–Crippen MR) is 72.7 cm³/mol. The van der Waals surface area contributed by atoms with Crippen molar-refractivity contribution < 1.29 is 29.3 Å². The van der Waals surface area contributed by atoms with E-state index in [1.54, 1.807) is 24.3 Å². The number of aliphatic carboxylic acids is 2. The second-order valence-electron chi connectivity index (χ2n) is 4.43. The van der Waals surface area contributed by atoms with Crippen LogP contribution in [0.2, 0.25) is 0 Å². The summed E-state index contributed by atoms with van der Waals surface area (Å²) >= 11 is 0. The van der Waals surface area contributed by atoms with Gasteiger partial charge in [-0.1, -0.05) is 30.3 Å². The number of ether oxygens (including phenoxy) is 1. The minimum atomic E-state index is -1.12. The van der Waals surface area contributed by atoms with E-state index >= 15 is 0 Å². The van der Waals surface area contributed by atoms with Gasteiger partial charge in [-0.05, 0) is 12.0 Å². The van der Waals surface area contributed by atoms with Crippen LogP contribution < -0.4 is 5.32 Å². The molecule has 0 heterocycles. The molecule has 1 aromatic carbocycles. The van der Waals surface area contributed by atoms with Gasteiger partial charge in [-0.25, -0.2) is 4.79 Å². The summed E-state index contributed by atoms with van der Waals surface area (Å²) in [7, 11) is 0. The highest BCUT2D eigenvalue weighted by molar-refractivity contribution is 5.72. The molecule has 0 saturated heterocycles. The van der Waals surface area contributed by atoms with Gasteiger partial charge in [0.05, 0.1) is 6.42 Å². The van der Waals surface area contributed by atoms with Gasteiger partial charge in [-0.15, -0.1) is 0 Å². The topological polar surface area (TPSA) is 113 Å². The molecule has 0 spiro atoms. The molecular formula is C14H17NO6. The van der Waals surface area contributed by atoms with Crippen molar-refractivity contribution in [1.29, 1.82) is 0 Å². The summed E-state index contributed by atoms with van der Waals surface area (Å²) in [6.45, 7) is 0.0609. The van der Waals surface area contributed by atoms with Gasteiger partial charge in [0.1, 0.15) is 6.61 Å². The van der Waals surface area contributed by atoms with Crippen LogP contribution in [0, 0.1) is 0 Å². The first kappa shape index (κ1) is 16.5. The van der Waals surface area contributed by atoms with Crippen LogP contribution >= 0.6 is 0 Å². The monoisotopic (exact) mass is 295 g/mol. The van der Waals surface area contributed by atoms with E-state index in [-0.39, 0.29) is 25.9 Å². The summed E-state index contributed by atoms with van der Waals surface area (Å²) in [6.07, 6.45) is -1.32. The molecule has 1 rings (SSSR count). The second-order valence-corrected chi connectivity index (χ2v) is 4.43. The standard InChI is InChI=1S/C14H17NO6/c16-12(17)7-6-11(8-13(18)19)15-14(20)21-9-10-4-2-1-3-5-10/h1-5,11H,6-9H2,(H,15,20)(H,16,17)(H,18,19). The number of amides is 1. The zero-order valence-corrected chi connectivity index (χ0v) is 11.3. The highest BCUT2D eigenvalue weighted by Gasteiger charge is 2.18. The Morgan fingerprint density at radius 1 is 1.10 bits per heavy atom. The Morgan fingerprint density at radius 3 is 2.33 bits per heavy atom. The Bertz CT molecular complexity index is 487. The number of carbonyl (C=O) groups excluding carboxylic acids is 1. The van der Waals surface area contributed by atoms with Crippen molar-refractivity contribution in [3.8, 4) is 0 Å². The smallest absolute Gasteiger partial charge is 0.407 e. The summed E-state index contributed by atoms with van der Waals surface area (Å²) in [5.41, 5.74) is 0.799. The largest absolute Gasteiger partial charge is 0.481 e. The molecule has 1 unspecified atom stereocenters. The number of alkyl carbamates (subject to hydrolysis) is 1. The molecule has 3 N–H and O–H groups in total. The maximum absolute atomic E-state index is 11.6. The molecule has 0 aliphatic carbocycles. The number of benzene rings is 1. The van der Waals surface area contributed by atoms with E-state index in [0.29, 0.717) is 0 Å². The summed E-state index contributed by atoms with van der Waals surface area (Å²) in [5, 5.41) is 19.7. The zero-order chi connectivity index (χ0) is 15.7. The van der Waals surface area contributed by atoms with Crippen LogP contribution in [0.25, 0.3) is 0 Å². The highest BCUT2D eigenvalue weighted by atomic mass is 16.5. The van der Waals surface area contributed by atoms with Gasteiger partial charge in [0.15, 0.2) is 0 Å². The Hall–Kier alpha value is -2.57. The van der Waals surface area contributed by atoms with Gasteiger partial charge in [0.2, 0.25) is 0 Å². The molecule has 0 aromatic heterocycles. The van der Waals surface area contributed by atoms with Crippen molar-refractivity contribution in [2.24, 2.45) is 0 Å². The third-order valence-electron chi connectivity index (χ3n) is 2.66. The normalized spacial score (nSPS) is 11.4. The van der Waals surface area contributed by atoms with Gasteiger partial charge >= 0.3 is 18.0 Å². The molecule has 1 atom stereocenters. The SMILES string of the molecule is O=C(O)CCC(CC(=O)O)NC(=O)OCc1ccccc1. The van der Waals surface area contributed by atoms with Gasteiger partial charge in [-0.3, -0.25) is 9.59 Å². The number of rotatable bonds is 8. The molecule has 1 amide bonds. The van der Waals surface area contributed by atoms with Crippen LogP contribution in [0.1, 0.15) is 24.8 Å². The summed E-state index contributed by atoms with van der Waals surface area (Å²) in [5.74, 6) is -2.17. The summed E-state index contributed by atoms with van der Waals surface area (Å²) < 4.78 is 4.96. The first-order chi connectivity index (χ1) is 9.97. The number of carbonyl (C=O) groups is 3. The van der Waals surface area contributed by atoms with E-state index in [4.69, 9.17) is 14.9 Å². The fourth-order valence-electron chi connectivity index (χ4n) is 1.67. The molecule has 7 nitrogen and oxygen atoms in total. The van der Waals surface area contributed by atoms with Crippen molar-refractivity contribution in [3.63, 3.8) is 0 Å². The number of hydrogen-bond donors (Lipinski definition) is 3. The molecule has 0 fully saturated rings. The molecular weight excluding hydrogens is 278 g/mol. The van der Waals surface area contributed by atoms with E-state index in [0.717, 1.165) is 5.56 Å². The van der Waals surface area contributed by atoms with Crippen LogP contribution in [0.3, 0.4) is 0 Å². The van der Waals surface area contributed by atoms with Crippen molar-refractivity contribution in [2.45, 2.75) is 31.9 Å². The number of nitrogens with one attached hydrogen (secondary N) is 1.